The Hall–Kier alpha value is -1.42. The van der Waals surface area contributed by atoms with Crippen molar-refractivity contribution in [3.05, 3.63) is 92.9 Å². The van der Waals surface area contributed by atoms with Crippen molar-refractivity contribution in [1.82, 2.24) is 0 Å². The number of anilines is 1. The quantitative estimate of drug-likeness (QED) is 0.158. The molecule has 0 radical (unpaired) electrons. The number of carbonyl (C=O) groups excluding carboxylic acids is 1. The Morgan fingerprint density at radius 2 is 1.69 bits per heavy atom. The molecule has 4 nitrogen and oxygen atoms in total. The molecular weight excluding hydrogens is 762 g/mol. The number of hydrogen-bond acceptors (Lipinski definition) is 3. The maximum absolute atomic E-state index is 12.8. The molecule has 0 aliphatic rings. The highest BCUT2D eigenvalue weighted by molar-refractivity contribution is 14.1. The summed E-state index contributed by atoms with van der Waals surface area (Å²) >= 11 is 11.3. The van der Waals surface area contributed by atoms with Crippen LogP contribution >= 0.6 is 77.0 Å². The van der Waals surface area contributed by atoms with Gasteiger partial charge in [0, 0.05) is 8.95 Å². The minimum absolute atomic E-state index is 0.00827. The lowest BCUT2D eigenvalue weighted by atomic mass is 10.1. The monoisotopic (exact) mass is 776 g/mol. The summed E-state index contributed by atoms with van der Waals surface area (Å²) in [6.45, 7) is 2.42. The lowest BCUT2D eigenvalue weighted by molar-refractivity contribution is -0.112. The maximum Gasteiger partial charge on any atom is 0.266 e. The third-order valence-electron chi connectivity index (χ3n) is 4.35. The molecule has 0 bridgehead atoms. The molecule has 32 heavy (non-hydrogen) atoms. The molecular formula is C24H16Br2I2N2O2. The van der Waals surface area contributed by atoms with Crippen LogP contribution in [0.2, 0.25) is 0 Å². The average molecular weight is 778 g/mol. The van der Waals surface area contributed by atoms with Crippen molar-refractivity contribution >= 4 is 94.7 Å². The predicted molar refractivity (Wildman–Crippen MR) is 151 cm³/mol. The summed E-state index contributed by atoms with van der Waals surface area (Å²) in [5.41, 5.74) is 3.46. The number of ether oxygens (including phenoxy) is 1. The Morgan fingerprint density at radius 1 is 1.09 bits per heavy atom. The zero-order chi connectivity index (χ0) is 23.3. The van der Waals surface area contributed by atoms with Gasteiger partial charge in [-0.3, -0.25) is 4.79 Å². The Bertz CT molecular complexity index is 1190. The lowest BCUT2D eigenvalue weighted by Gasteiger charge is -2.12. The van der Waals surface area contributed by atoms with E-state index >= 15 is 0 Å². The number of carbonyl (C=O) groups is 1. The summed E-state index contributed by atoms with van der Waals surface area (Å²) in [5.74, 6) is 0.301. The van der Waals surface area contributed by atoms with Crippen LogP contribution in [0.5, 0.6) is 5.75 Å². The van der Waals surface area contributed by atoms with Gasteiger partial charge < -0.3 is 10.1 Å². The van der Waals surface area contributed by atoms with E-state index in [2.05, 4.69) is 82.4 Å². The number of hydrogen-bond donors (Lipinski definition) is 1. The van der Waals surface area contributed by atoms with Crippen LogP contribution in [0.3, 0.4) is 0 Å². The highest BCUT2D eigenvalue weighted by atomic mass is 127. The first kappa shape index (κ1) is 25.2. The van der Waals surface area contributed by atoms with E-state index in [9.17, 15) is 10.1 Å². The first-order chi connectivity index (χ1) is 15.3. The van der Waals surface area contributed by atoms with E-state index in [0.717, 1.165) is 38.5 Å². The molecule has 1 amide bonds. The van der Waals surface area contributed by atoms with E-state index in [0.29, 0.717) is 12.3 Å². The van der Waals surface area contributed by atoms with Crippen LogP contribution in [-0.4, -0.2) is 5.91 Å². The molecule has 0 aliphatic carbocycles. The molecule has 3 rings (SSSR count). The van der Waals surface area contributed by atoms with Crippen molar-refractivity contribution in [1.29, 1.82) is 5.26 Å². The van der Waals surface area contributed by atoms with Crippen LogP contribution in [-0.2, 0) is 11.4 Å². The van der Waals surface area contributed by atoms with Gasteiger partial charge in [0.25, 0.3) is 5.91 Å². The molecule has 0 fully saturated rings. The van der Waals surface area contributed by atoms with Crippen molar-refractivity contribution in [3.63, 3.8) is 0 Å². The molecule has 0 aliphatic heterocycles. The first-order valence-corrected chi connectivity index (χ1v) is 13.1. The second-order valence-electron chi connectivity index (χ2n) is 6.82. The molecule has 0 saturated heterocycles. The van der Waals surface area contributed by atoms with Crippen molar-refractivity contribution in [3.8, 4) is 11.8 Å². The van der Waals surface area contributed by atoms with Gasteiger partial charge in [-0.05, 0) is 131 Å². The molecule has 0 heterocycles. The van der Waals surface area contributed by atoms with Crippen molar-refractivity contribution in [2.75, 3.05) is 5.32 Å². The standard InChI is InChI=1S/C24H16Br2I2N2O2/c1-14-7-18(25)22(19(26)8-14)30-24(31)17(12-29)9-16-10-20(27)23(21(28)11-16)32-13-15-5-3-2-4-6-15/h2-11H,13H2,1H3,(H,30,31)/b17-9+. The Balaban J connectivity index is 1.81. The van der Waals surface area contributed by atoms with E-state index in [4.69, 9.17) is 4.74 Å². The van der Waals surface area contributed by atoms with Crippen LogP contribution in [0, 0.1) is 25.4 Å². The topological polar surface area (TPSA) is 62.1 Å². The molecule has 0 saturated carbocycles. The smallest absolute Gasteiger partial charge is 0.266 e. The number of nitriles is 1. The van der Waals surface area contributed by atoms with E-state index in [1.807, 2.05) is 67.6 Å². The van der Waals surface area contributed by atoms with Crippen LogP contribution < -0.4 is 10.1 Å². The van der Waals surface area contributed by atoms with E-state index in [1.165, 1.54) is 0 Å². The molecule has 0 spiro atoms. The number of amides is 1. The van der Waals surface area contributed by atoms with Gasteiger partial charge in [-0.1, -0.05) is 30.3 Å². The SMILES string of the molecule is Cc1cc(Br)c(NC(=O)/C(C#N)=C/c2cc(I)c(OCc3ccccc3)c(I)c2)c(Br)c1. The average Bonchev–Trinajstić information content (AvgIpc) is 2.74. The number of nitrogens with zero attached hydrogens (tertiary/aromatic N) is 1. The lowest BCUT2D eigenvalue weighted by Crippen LogP contribution is -2.14. The number of nitrogens with one attached hydrogen (secondary N) is 1. The largest absolute Gasteiger partial charge is 0.487 e. The fourth-order valence-corrected chi connectivity index (χ4v) is 6.59. The number of aryl methyl sites for hydroxylation is 1. The fourth-order valence-electron chi connectivity index (χ4n) is 2.85. The Morgan fingerprint density at radius 3 is 2.25 bits per heavy atom. The zero-order valence-electron chi connectivity index (χ0n) is 16.8. The van der Waals surface area contributed by atoms with Gasteiger partial charge in [0.05, 0.1) is 12.8 Å². The molecule has 0 unspecified atom stereocenters. The molecule has 3 aromatic carbocycles. The predicted octanol–water partition coefficient (Wildman–Crippen LogP) is 7.85. The molecule has 3 aromatic rings. The number of benzene rings is 3. The number of rotatable bonds is 6. The van der Waals surface area contributed by atoms with E-state index in [1.54, 1.807) is 6.08 Å². The van der Waals surface area contributed by atoms with Crippen LogP contribution in [0.15, 0.2) is 69.1 Å². The number of halogens is 4. The molecule has 162 valence electrons. The highest BCUT2D eigenvalue weighted by Gasteiger charge is 2.15. The van der Waals surface area contributed by atoms with Crippen molar-refractivity contribution in [2.45, 2.75) is 13.5 Å². The van der Waals surface area contributed by atoms with Gasteiger partial charge in [0.1, 0.15) is 24.0 Å². The summed E-state index contributed by atoms with van der Waals surface area (Å²) in [5, 5.41) is 12.4. The Labute approximate surface area is 231 Å². The second kappa shape index (κ2) is 11.6. The Kier molecular flexibility index (Phi) is 9.16. The minimum atomic E-state index is -0.479. The molecule has 0 atom stereocenters. The van der Waals surface area contributed by atoms with Gasteiger partial charge in [0.15, 0.2) is 0 Å². The summed E-state index contributed by atoms with van der Waals surface area (Å²) in [6.07, 6.45) is 1.58. The third-order valence-corrected chi connectivity index (χ3v) is 7.20. The minimum Gasteiger partial charge on any atom is -0.487 e. The van der Waals surface area contributed by atoms with Crippen LogP contribution in [0.1, 0.15) is 16.7 Å². The summed E-state index contributed by atoms with van der Waals surface area (Å²) < 4.78 is 9.28. The maximum atomic E-state index is 12.8. The summed E-state index contributed by atoms with van der Waals surface area (Å²) in [4.78, 5) is 12.8. The molecule has 8 heteroatoms. The van der Waals surface area contributed by atoms with Gasteiger partial charge in [-0.25, -0.2) is 0 Å². The zero-order valence-corrected chi connectivity index (χ0v) is 24.2. The van der Waals surface area contributed by atoms with Crippen LogP contribution in [0.4, 0.5) is 5.69 Å². The molecule has 1 N–H and O–H groups in total. The van der Waals surface area contributed by atoms with Crippen LogP contribution in [0.25, 0.3) is 6.08 Å². The van der Waals surface area contributed by atoms with Gasteiger partial charge >= 0.3 is 0 Å². The highest BCUT2D eigenvalue weighted by Crippen LogP contribution is 2.33. The fraction of sp³-hybridized carbons (Fsp3) is 0.0833. The van der Waals surface area contributed by atoms with E-state index < -0.39 is 5.91 Å². The van der Waals surface area contributed by atoms with Crippen molar-refractivity contribution in [2.24, 2.45) is 0 Å². The van der Waals surface area contributed by atoms with E-state index in [-0.39, 0.29) is 5.57 Å². The van der Waals surface area contributed by atoms with Gasteiger partial charge in [0.2, 0.25) is 0 Å². The normalized spacial score (nSPS) is 11.1. The summed E-state index contributed by atoms with van der Waals surface area (Å²) in [7, 11) is 0. The van der Waals surface area contributed by atoms with Crippen molar-refractivity contribution < 1.29 is 9.53 Å². The summed E-state index contributed by atoms with van der Waals surface area (Å²) in [6, 6.07) is 19.5. The van der Waals surface area contributed by atoms with Gasteiger partial charge in [-0.2, -0.15) is 5.26 Å². The van der Waals surface area contributed by atoms with Gasteiger partial charge in [-0.15, -0.1) is 0 Å². The molecule has 0 aromatic heterocycles. The second-order valence-corrected chi connectivity index (χ2v) is 10.8. The first-order valence-electron chi connectivity index (χ1n) is 9.33. The third kappa shape index (κ3) is 6.56.